The molecule has 6 heteroatoms. The van der Waals surface area contributed by atoms with Crippen LogP contribution in [0.3, 0.4) is 0 Å². The molecule has 1 aromatic heterocycles. The summed E-state index contributed by atoms with van der Waals surface area (Å²) >= 11 is 0. The van der Waals surface area contributed by atoms with Crippen LogP contribution in [0.15, 0.2) is 97.2 Å². The first kappa shape index (κ1) is 27.0. The van der Waals surface area contributed by atoms with Crippen molar-refractivity contribution in [3.63, 3.8) is 0 Å². The van der Waals surface area contributed by atoms with Gasteiger partial charge in [-0.2, -0.15) is 0 Å². The zero-order valence-corrected chi connectivity index (χ0v) is 23.3. The van der Waals surface area contributed by atoms with Crippen LogP contribution in [0.5, 0.6) is 5.75 Å². The average molecular weight is 534 g/mol. The molecule has 0 aliphatic rings. The lowest BCUT2D eigenvalue weighted by molar-refractivity contribution is -0.132. The number of carbonyl (C=O) groups is 2. The molecule has 0 spiro atoms. The van der Waals surface area contributed by atoms with Gasteiger partial charge in [0.25, 0.3) is 5.91 Å². The van der Waals surface area contributed by atoms with Crippen molar-refractivity contribution in [2.45, 2.75) is 32.9 Å². The van der Waals surface area contributed by atoms with E-state index in [2.05, 4.69) is 17.1 Å². The Morgan fingerprint density at radius 3 is 2.30 bits per heavy atom. The van der Waals surface area contributed by atoms with Crippen molar-refractivity contribution < 1.29 is 14.3 Å². The Bertz CT molecular complexity index is 1620. The summed E-state index contributed by atoms with van der Waals surface area (Å²) in [6.07, 6.45) is 2.72. The van der Waals surface area contributed by atoms with Crippen molar-refractivity contribution in [3.8, 4) is 5.75 Å². The second-order valence-electron chi connectivity index (χ2n) is 10.3. The molecule has 0 aliphatic heterocycles. The number of nitrogens with zero attached hydrogens (tertiary/aromatic N) is 2. The van der Waals surface area contributed by atoms with E-state index in [1.807, 2.05) is 104 Å². The van der Waals surface area contributed by atoms with Crippen LogP contribution in [0.25, 0.3) is 21.7 Å². The van der Waals surface area contributed by atoms with Crippen LogP contribution in [0, 0.1) is 0 Å². The Morgan fingerprint density at radius 1 is 0.850 bits per heavy atom. The van der Waals surface area contributed by atoms with Crippen LogP contribution in [0.1, 0.15) is 35.3 Å². The topological polar surface area (TPSA) is 65.6 Å². The molecule has 0 fully saturated rings. The van der Waals surface area contributed by atoms with E-state index < -0.39 is 0 Å². The Hall–Kier alpha value is -4.58. The summed E-state index contributed by atoms with van der Waals surface area (Å²) < 4.78 is 5.31. The van der Waals surface area contributed by atoms with Crippen LogP contribution in [0.4, 0.5) is 0 Å². The number of para-hydroxylation sites is 1. The average Bonchev–Trinajstić information content (AvgIpc) is 3.40. The van der Waals surface area contributed by atoms with E-state index in [0.29, 0.717) is 25.1 Å². The lowest BCUT2D eigenvalue weighted by Crippen LogP contribution is -2.46. The fraction of sp³-hybridized carbons (Fsp3) is 0.235. The minimum absolute atomic E-state index is 0.00373. The number of ether oxygens (including phenoxy) is 1. The van der Waals surface area contributed by atoms with Gasteiger partial charge >= 0.3 is 0 Å². The maximum absolute atomic E-state index is 13.9. The third-order valence-corrected chi connectivity index (χ3v) is 7.42. The third-order valence-electron chi connectivity index (χ3n) is 7.42. The number of aromatic amines is 1. The van der Waals surface area contributed by atoms with Crippen LogP contribution >= 0.6 is 0 Å². The molecule has 0 aliphatic carbocycles. The zero-order chi connectivity index (χ0) is 28.1. The zero-order valence-electron chi connectivity index (χ0n) is 23.3. The van der Waals surface area contributed by atoms with Crippen molar-refractivity contribution in [2.24, 2.45) is 0 Å². The van der Waals surface area contributed by atoms with E-state index in [4.69, 9.17) is 4.74 Å². The number of hydrogen-bond acceptors (Lipinski definition) is 3. The van der Waals surface area contributed by atoms with Gasteiger partial charge in [-0.3, -0.25) is 9.59 Å². The summed E-state index contributed by atoms with van der Waals surface area (Å²) in [7, 11) is 1.64. The molecule has 2 amide bonds. The molecule has 0 radical (unpaired) electrons. The molecule has 0 unspecified atom stereocenters. The largest absolute Gasteiger partial charge is 0.497 e. The molecule has 204 valence electrons. The minimum Gasteiger partial charge on any atom is -0.497 e. The van der Waals surface area contributed by atoms with E-state index in [0.717, 1.165) is 38.6 Å². The second kappa shape index (κ2) is 12.1. The summed E-state index contributed by atoms with van der Waals surface area (Å²) in [5.74, 6) is 0.547. The van der Waals surface area contributed by atoms with Gasteiger partial charge in [-0.25, -0.2) is 0 Å². The first-order valence-electron chi connectivity index (χ1n) is 13.7. The Morgan fingerprint density at radius 2 is 1.55 bits per heavy atom. The lowest BCUT2D eigenvalue weighted by atomic mass is 10.0. The molecule has 0 bridgehead atoms. The first-order valence-corrected chi connectivity index (χ1v) is 13.7. The highest BCUT2D eigenvalue weighted by molar-refractivity contribution is 6.07. The third kappa shape index (κ3) is 5.86. The van der Waals surface area contributed by atoms with Gasteiger partial charge in [0.05, 0.1) is 7.11 Å². The number of rotatable bonds is 10. The summed E-state index contributed by atoms with van der Waals surface area (Å²) in [4.78, 5) is 34.6. The van der Waals surface area contributed by atoms with Crippen molar-refractivity contribution >= 4 is 33.5 Å². The Labute approximate surface area is 235 Å². The molecular weight excluding hydrogens is 498 g/mol. The molecule has 6 nitrogen and oxygen atoms in total. The fourth-order valence-corrected chi connectivity index (χ4v) is 5.14. The molecule has 1 N–H and O–H groups in total. The summed E-state index contributed by atoms with van der Waals surface area (Å²) in [5.41, 5.74) is 3.86. The van der Waals surface area contributed by atoms with Gasteiger partial charge in [0, 0.05) is 41.8 Å². The van der Waals surface area contributed by atoms with Gasteiger partial charge < -0.3 is 19.5 Å². The number of amides is 2. The maximum Gasteiger partial charge on any atom is 0.255 e. The van der Waals surface area contributed by atoms with Crippen LogP contribution in [-0.4, -0.2) is 52.8 Å². The van der Waals surface area contributed by atoms with Gasteiger partial charge in [-0.05, 0) is 66.4 Å². The van der Waals surface area contributed by atoms with Gasteiger partial charge in [0.1, 0.15) is 12.3 Å². The number of hydrogen-bond donors (Lipinski definition) is 1. The molecule has 4 aromatic carbocycles. The minimum atomic E-state index is -0.146. The number of carbonyl (C=O) groups excluding carboxylic acids is 2. The molecule has 5 aromatic rings. The number of H-pyrrole nitrogens is 1. The van der Waals surface area contributed by atoms with Crippen LogP contribution in [-0.2, 0) is 17.8 Å². The van der Waals surface area contributed by atoms with Gasteiger partial charge in [0.2, 0.25) is 5.91 Å². The summed E-state index contributed by atoms with van der Waals surface area (Å²) in [6, 6.07) is 29.4. The summed E-state index contributed by atoms with van der Waals surface area (Å²) in [5, 5.41) is 3.06. The monoisotopic (exact) mass is 533 g/mol. The number of methoxy groups -OCH3 is 1. The van der Waals surface area contributed by atoms with Crippen molar-refractivity contribution in [1.82, 2.24) is 14.8 Å². The van der Waals surface area contributed by atoms with Crippen molar-refractivity contribution in [1.29, 1.82) is 0 Å². The predicted molar refractivity (Wildman–Crippen MR) is 161 cm³/mol. The van der Waals surface area contributed by atoms with Crippen LogP contribution < -0.4 is 4.74 Å². The smallest absolute Gasteiger partial charge is 0.255 e. The SMILES string of the molecule is COc1ccc(CN(CCc2c[nH]c3ccccc23)C(=O)CN(C(=O)c2cccc3ccccc23)C(C)C)cc1. The fourth-order valence-electron chi connectivity index (χ4n) is 5.14. The molecule has 40 heavy (non-hydrogen) atoms. The Kier molecular flexibility index (Phi) is 8.15. The second-order valence-corrected chi connectivity index (χ2v) is 10.3. The van der Waals surface area contributed by atoms with E-state index >= 15 is 0 Å². The van der Waals surface area contributed by atoms with Crippen molar-refractivity contribution in [3.05, 3.63) is 114 Å². The maximum atomic E-state index is 13.9. The standard InChI is InChI=1S/C34H35N3O3/c1-24(2)37(34(39)31-13-8-10-26-9-4-5-11-29(26)31)23-33(38)36(22-25-15-17-28(40-3)18-16-25)20-19-27-21-35-32-14-7-6-12-30(27)32/h4-18,21,24,35H,19-20,22-23H2,1-3H3. The van der Waals surface area contributed by atoms with Gasteiger partial charge in [0.15, 0.2) is 0 Å². The molecule has 0 atom stereocenters. The van der Waals surface area contributed by atoms with E-state index in [1.165, 1.54) is 0 Å². The number of benzene rings is 4. The van der Waals surface area contributed by atoms with Gasteiger partial charge in [-0.1, -0.05) is 66.7 Å². The number of fused-ring (bicyclic) bond motifs is 2. The molecular formula is C34H35N3O3. The quantitative estimate of drug-likeness (QED) is 0.224. The van der Waals surface area contributed by atoms with Crippen LogP contribution in [0.2, 0.25) is 0 Å². The van der Waals surface area contributed by atoms with E-state index in [-0.39, 0.29) is 24.4 Å². The molecule has 1 heterocycles. The summed E-state index contributed by atoms with van der Waals surface area (Å²) in [6.45, 7) is 4.89. The van der Waals surface area contributed by atoms with E-state index in [9.17, 15) is 9.59 Å². The Balaban J connectivity index is 1.39. The lowest BCUT2D eigenvalue weighted by Gasteiger charge is -2.30. The number of aromatic nitrogens is 1. The van der Waals surface area contributed by atoms with Gasteiger partial charge in [-0.15, -0.1) is 0 Å². The highest BCUT2D eigenvalue weighted by Crippen LogP contribution is 2.22. The first-order chi connectivity index (χ1) is 19.4. The molecule has 0 saturated heterocycles. The number of nitrogens with one attached hydrogen (secondary N) is 1. The van der Waals surface area contributed by atoms with E-state index in [1.54, 1.807) is 12.0 Å². The highest BCUT2D eigenvalue weighted by atomic mass is 16.5. The normalized spacial score (nSPS) is 11.2. The molecule has 5 rings (SSSR count). The highest BCUT2D eigenvalue weighted by Gasteiger charge is 2.26. The predicted octanol–water partition coefficient (Wildman–Crippen LogP) is 6.45. The molecule has 0 saturated carbocycles. The van der Waals surface area contributed by atoms with Crippen molar-refractivity contribution in [2.75, 3.05) is 20.2 Å².